The van der Waals surface area contributed by atoms with E-state index in [0.29, 0.717) is 22.7 Å². The smallest absolute Gasteiger partial charge is 0.322 e. The second kappa shape index (κ2) is 6.93. The third-order valence-corrected chi connectivity index (χ3v) is 5.16. The number of hydrogen-bond donors (Lipinski definition) is 1. The Morgan fingerprint density at radius 2 is 1.90 bits per heavy atom. The van der Waals surface area contributed by atoms with E-state index in [1.54, 1.807) is 44.5 Å². The molecule has 0 unspecified atom stereocenters. The maximum atomic E-state index is 13.3. The van der Waals surface area contributed by atoms with Crippen LogP contribution in [0.4, 0.5) is 16.2 Å². The summed E-state index contributed by atoms with van der Waals surface area (Å²) in [6, 6.07) is 12.1. The molecule has 2 aliphatic rings. The lowest BCUT2D eigenvalue weighted by molar-refractivity contribution is -0.384. The molecule has 0 saturated carbocycles. The number of amides is 3. The Labute approximate surface area is 166 Å². The minimum atomic E-state index is -0.615. The predicted octanol–water partition coefficient (Wildman–Crippen LogP) is 2.60. The molecule has 9 heteroatoms. The van der Waals surface area contributed by atoms with Gasteiger partial charge in [0.2, 0.25) is 0 Å². The molecule has 2 aromatic rings. The summed E-state index contributed by atoms with van der Waals surface area (Å²) in [6.07, 6.45) is 0. The van der Waals surface area contributed by atoms with Gasteiger partial charge in [-0.05, 0) is 23.8 Å². The Balaban J connectivity index is 1.73. The number of hydrogen-bond acceptors (Lipinski definition) is 5. The molecule has 2 aromatic carbocycles. The number of non-ortho nitro benzene ring substituents is 1. The zero-order chi connectivity index (χ0) is 20.7. The third-order valence-electron chi connectivity index (χ3n) is 5.16. The number of anilines is 1. The van der Waals surface area contributed by atoms with Crippen LogP contribution in [0, 0.1) is 10.1 Å². The predicted molar refractivity (Wildman–Crippen MR) is 105 cm³/mol. The molecular formula is C20H18N4O5. The quantitative estimate of drug-likeness (QED) is 0.634. The average Bonchev–Trinajstić information content (AvgIpc) is 3.08. The summed E-state index contributed by atoms with van der Waals surface area (Å²) in [5.41, 5.74) is 2.08. The molecule has 0 spiro atoms. The number of ether oxygens (including phenoxy) is 1. The van der Waals surface area contributed by atoms with Crippen LogP contribution in [0.2, 0.25) is 0 Å². The van der Waals surface area contributed by atoms with Crippen LogP contribution in [0.15, 0.2) is 59.8 Å². The van der Waals surface area contributed by atoms with Crippen molar-refractivity contribution in [2.45, 2.75) is 6.04 Å². The molecule has 4 rings (SSSR count). The molecule has 0 fully saturated rings. The number of carbonyl (C=O) groups excluding carboxylic acids is 2. The zero-order valence-electron chi connectivity index (χ0n) is 15.8. The van der Waals surface area contributed by atoms with Gasteiger partial charge >= 0.3 is 6.03 Å². The standard InChI is InChI=1S/C20H18N4O5/c1-22-16-11-23(13-4-3-5-14(10-13)24(27)28)19(25)17(16)18(21-20(22)26)12-6-8-15(29-2)9-7-12/h3-10,18H,11H2,1-2H3,(H,21,26)/t18-/m0/s1. The fraction of sp³-hybridized carbons (Fsp3) is 0.200. The summed E-state index contributed by atoms with van der Waals surface area (Å²) in [5.74, 6) is 0.367. The lowest BCUT2D eigenvalue weighted by Gasteiger charge is -2.31. The molecule has 1 atom stereocenters. The van der Waals surface area contributed by atoms with Crippen LogP contribution in [0.5, 0.6) is 5.75 Å². The number of benzene rings is 2. The van der Waals surface area contributed by atoms with E-state index in [2.05, 4.69) is 5.32 Å². The Morgan fingerprint density at radius 1 is 1.17 bits per heavy atom. The van der Waals surface area contributed by atoms with Gasteiger partial charge in [0.1, 0.15) is 5.75 Å². The van der Waals surface area contributed by atoms with Crippen LogP contribution >= 0.6 is 0 Å². The fourth-order valence-corrected chi connectivity index (χ4v) is 3.60. The number of urea groups is 1. The minimum Gasteiger partial charge on any atom is -0.497 e. The van der Waals surface area contributed by atoms with Crippen molar-refractivity contribution >= 4 is 23.3 Å². The zero-order valence-corrected chi connectivity index (χ0v) is 15.8. The summed E-state index contributed by atoms with van der Waals surface area (Å²) in [5, 5.41) is 14.0. The highest BCUT2D eigenvalue weighted by molar-refractivity contribution is 6.11. The fourth-order valence-electron chi connectivity index (χ4n) is 3.60. The Morgan fingerprint density at radius 3 is 2.55 bits per heavy atom. The normalized spacial score (nSPS) is 18.6. The van der Waals surface area contributed by atoms with Gasteiger partial charge in [0.15, 0.2) is 0 Å². The van der Waals surface area contributed by atoms with Gasteiger partial charge in [-0.2, -0.15) is 0 Å². The van der Waals surface area contributed by atoms with Crippen LogP contribution in [-0.4, -0.2) is 42.5 Å². The maximum absolute atomic E-state index is 13.3. The van der Waals surface area contributed by atoms with Gasteiger partial charge in [-0.15, -0.1) is 0 Å². The summed E-state index contributed by atoms with van der Waals surface area (Å²) in [4.78, 5) is 39.2. The number of methoxy groups -OCH3 is 1. The van der Waals surface area contributed by atoms with Gasteiger partial charge in [0.05, 0.1) is 41.6 Å². The number of likely N-dealkylation sites (N-methyl/N-ethyl adjacent to an activating group) is 1. The molecule has 0 aliphatic carbocycles. The van der Waals surface area contributed by atoms with E-state index in [9.17, 15) is 19.7 Å². The highest BCUT2D eigenvalue weighted by atomic mass is 16.6. The van der Waals surface area contributed by atoms with Gasteiger partial charge < -0.3 is 15.0 Å². The van der Waals surface area contributed by atoms with E-state index in [0.717, 1.165) is 5.56 Å². The number of nitrogens with one attached hydrogen (secondary N) is 1. The first-order valence-electron chi connectivity index (χ1n) is 8.88. The van der Waals surface area contributed by atoms with Crippen LogP contribution < -0.4 is 15.0 Å². The SMILES string of the molecule is COc1ccc([C@@H]2NC(=O)N(C)C3=C2C(=O)N(c2cccc([N+](=O)[O-])c2)C3)cc1. The average molecular weight is 394 g/mol. The molecule has 3 amide bonds. The van der Waals surface area contributed by atoms with Crippen LogP contribution in [0.1, 0.15) is 11.6 Å². The lowest BCUT2D eigenvalue weighted by Crippen LogP contribution is -2.45. The molecule has 9 nitrogen and oxygen atoms in total. The second-order valence-electron chi connectivity index (χ2n) is 6.74. The van der Waals surface area contributed by atoms with E-state index in [1.807, 2.05) is 0 Å². The molecule has 2 aliphatic heterocycles. The summed E-state index contributed by atoms with van der Waals surface area (Å²) in [7, 11) is 3.16. The number of carbonyl (C=O) groups is 2. The van der Waals surface area contributed by atoms with Crippen LogP contribution in [-0.2, 0) is 4.79 Å². The van der Waals surface area contributed by atoms with Gasteiger partial charge in [0.25, 0.3) is 11.6 Å². The molecule has 0 bridgehead atoms. The van der Waals surface area contributed by atoms with E-state index < -0.39 is 11.0 Å². The number of nitrogens with zero attached hydrogens (tertiary/aromatic N) is 3. The first-order valence-corrected chi connectivity index (χ1v) is 8.88. The van der Waals surface area contributed by atoms with Gasteiger partial charge in [-0.1, -0.05) is 18.2 Å². The Hall–Kier alpha value is -3.88. The van der Waals surface area contributed by atoms with Crippen molar-refractivity contribution in [2.24, 2.45) is 0 Å². The maximum Gasteiger partial charge on any atom is 0.322 e. The monoisotopic (exact) mass is 394 g/mol. The van der Waals surface area contributed by atoms with Crippen molar-refractivity contribution in [2.75, 3.05) is 25.6 Å². The molecule has 1 N–H and O–H groups in total. The van der Waals surface area contributed by atoms with Gasteiger partial charge in [-0.25, -0.2) is 4.79 Å². The highest BCUT2D eigenvalue weighted by Gasteiger charge is 2.43. The van der Waals surface area contributed by atoms with Crippen molar-refractivity contribution in [3.63, 3.8) is 0 Å². The van der Waals surface area contributed by atoms with Crippen molar-refractivity contribution in [3.8, 4) is 5.75 Å². The van der Waals surface area contributed by atoms with Crippen molar-refractivity contribution in [1.29, 1.82) is 0 Å². The van der Waals surface area contributed by atoms with Gasteiger partial charge in [0, 0.05) is 19.2 Å². The van der Waals surface area contributed by atoms with Crippen molar-refractivity contribution in [3.05, 3.63) is 75.5 Å². The van der Waals surface area contributed by atoms with E-state index in [-0.39, 0.29) is 24.2 Å². The number of nitro groups is 1. The van der Waals surface area contributed by atoms with Crippen LogP contribution in [0.25, 0.3) is 0 Å². The van der Waals surface area contributed by atoms with E-state index in [1.165, 1.54) is 28.0 Å². The third kappa shape index (κ3) is 3.06. The Bertz CT molecular complexity index is 1050. The molecule has 148 valence electrons. The Kier molecular flexibility index (Phi) is 4.42. The molecule has 0 radical (unpaired) electrons. The van der Waals surface area contributed by atoms with Crippen molar-refractivity contribution in [1.82, 2.24) is 10.2 Å². The largest absolute Gasteiger partial charge is 0.497 e. The van der Waals surface area contributed by atoms with E-state index >= 15 is 0 Å². The number of nitro benzene ring substituents is 1. The van der Waals surface area contributed by atoms with Gasteiger partial charge in [-0.3, -0.25) is 19.8 Å². The summed E-state index contributed by atoms with van der Waals surface area (Å²) in [6.45, 7) is 0.159. The number of rotatable bonds is 4. The topological polar surface area (TPSA) is 105 Å². The molecule has 0 saturated heterocycles. The van der Waals surface area contributed by atoms with Crippen LogP contribution in [0.3, 0.4) is 0 Å². The lowest BCUT2D eigenvalue weighted by atomic mass is 9.95. The minimum absolute atomic E-state index is 0.102. The first-order chi connectivity index (χ1) is 13.9. The molecule has 2 heterocycles. The first kappa shape index (κ1) is 18.5. The summed E-state index contributed by atoms with van der Waals surface area (Å²) < 4.78 is 5.17. The van der Waals surface area contributed by atoms with E-state index in [4.69, 9.17) is 4.74 Å². The summed E-state index contributed by atoms with van der Waals surface area (Å²) >= 11 is 0. The second-order valence-corrected chi connectivity index (χ2v) is 6.74. The molecular weight excluding hydrogens is 376 g/mol. The van der Waals surface area contributed by atoms with Crippen molar-refractivity contribution < 1.29 is 19.2 Å². The highest BCUT2D eigenvalue weighted by Crippen LogP contribution is 2.38. The molecule has 0 aromatic heterocycles. The molecule has 29 heavy (non-hydrogen) atoms.